The van der Waals surface area contributed by atoms with Crippen LogP contribution in [0.1, 0.15) is 22.3 Å². The summed E-state index contributed by atoms with van der Waals surface area (Å²) in [6, 6.07) is 26.4. The highest BCUT2D eigenvalue weighted by Crippen LogP contribution is 2.31. The van der Waals surface area contributed by atoms with Crippen LogP contribution in [0.5, 0.6) is 17.2 Å². The van der Waals surface area contributed by atoms with Gasteiger partial charge in [-0.05, 0) is 60.0 Å². The summed E-state index contributed by atoms with van der Waals surface area (Å²) in [5.41, 5.74) is 3.07. The number of imide groups is 2. The number of nitrogens with one attached hydrogen (secondary N) is 1. The number of aryl methyl sites for hydroxylation is 1. The number of para-hydroxylation sites is 1. The van der Waals surface area contributed by atoms with Crippen LogP contribution in [0.4, 0.5) is 10.5 Å². The molecule has 0 spiro atoms. The van der Waals surface area contributed by atoms with E-state index in [1.54, 1.807) is 50.4 Å². The van der Waals surface area contributed by atoms with Gasteiger partial charge in [-0.2, -0.15) is 0 Å². The lowest BCUT2D eigenvalue weighted by Crippen LogP contribution is -2.54. The van der Waals surface area contributed by atoms with Crippen LogP contribution in [0.15, 0.2) is 96.6 Å². The highest BCUT2D eigenvalue weighted by Gasteiger charge is 2.37. The zero-order valence-electron chi connectivity index (χ0n) is 22.9. The van der Waals surface area contributed by atoms with E-state index in [2.05, 4.69) is 5.32 Å². The predicted molar refractivity (Wildman–Crippen MR) is 160 cm³/mol. The number of ether oxygens (including phenoxy) is 3. The average molecular weight is 583 g/mol. The molecule has 0 bridgehead atoms. The molecule has 0 saturated carbocycles. The molecule has 1 fully saturated rings. The minimum atomic E-state index is -0.845. The summed E-state index contributed by atoms with van der Waals surface area (Å²) >= 11 is 6.12. The van der Waals surface area contributed by atoms with Crippen molar-refractivity contribution < 1.29 is 28.6 Å². The van der Waals surface area contributed by atoms with Gasteiger partial charge in [-0.1, -0.05) is 72.3 Å². The number of amides is 4. The van der Waals surface area contributed by atoms with E-state index in [9.17, 15) is 14.4 Å². The van der Waals surface area contributed by atoms with Gasteiger partial charge in [0, 0.05) is 10.6 Å². The maximum Gasteiger partial charge on any atom is 0.335 e. The fourth-order valence-electron chi connectivity index (χ4n) is 4.40. The molecular formula is C33H27ClN2O6. The van der Waals surface area contributed by atoms with E-state index in [1.165, 1.54) is 12.1 Å². The minimum absolute atomic E-state index is 0.183. The number of halogens is 1. The van der Waals surface area contributed by atoms with E-state index >= 15 is 0 Å². The first-order valence-corrected chi connectivity index (χ1v) is 13.4. The molecule has 1 N–H and O–H groups in total. The van der Waals surface area contributed by atoms with Gasteiger partial charge >= 0.3 is 6.03 Å². The van der Waals surface area contributed by atoms with Crippen molar-refractivity contribution in [3.63, 3.8) is 0 Å². The Hall–Kier alpha value is -5.08. The van der Waals surface area contributed by atoms with Gasteiger partial charge < -0.3 is 14.2 Å². The second-order valence-corrected chi connectivity index (χ2v) is 9.91. The van der Waals surface area contributed by atoms with Crippen LogP contribution in [0.25, 0.3) is 6.08 Å². The third-order valence-electron chi connectivity index (χ3n) is 6.59. The van der Waals surface area contributed by atoms with Crippen LogP contribution >= 0.6 is 11.6 Å². The molecule has 1 aliphatic rings. The summed E-state index contributed by atoms with van der Waals surface area (Å²) in [6.07, 6.45) is 1.41. The Morgan fingerprint density at radius 3 is 2.29 bits per heavy atom. The predicted octanol–water partition coefficient (Wildman–Crippen LogP) is 6.48. The molecule has 5 rings (SSSR count). The van der Waals surface area contributed by atoms with Crippen molar-refractivity contribution >= 4 is 41.2 Å². The number of hydrogen-bond acceptors (Lipinski definition) is 6. The SMILES string of the molecule is COc1cc(COc2ccccc2/C=C2\C(=O)NC(=O)N(c3cc(Cl)ccc3C)C2=O)ccc1OCc1ccccc1. The number of barbiturate groups is 1. The van der Waals surface area contributed by atoms with Crippen molar-refractivity contribution in [1.82, 2.24) is 5.32 Å². The molecule has 0 radical (unpaired) electrons. The van der Waals surface area contributed by atoms with Gasteiger partial charge in [-0.25, -0.2) is 9.69 Å². The van der Waals surface area contributed by atoms with Gasteiger partial charge in [0.2, 0.25) is 0 Å². The summed E-state index contributed by atoms with van der Waals surface area (Å²) in [5, 5.41) is 2.59. The number of rotatable bonds is 9. The molecule has 212 valence electrons. The van der Waals surface area contributed by atoms with Gasteiger partial charge in [0.15, 0.2) is 11.5 Å². The first-order valence-electron chi connectivity index (χ1n) is 13.1. The molecule has 0 atom stereocenters. The molecule has 8 nitrogen and oxygen atoms in total. The molecule has 42 heavy (non-hydrogen) atoms. The molecule has 0 aliphatic carbocycles. The number of carbonyl (C=O) groups excluding carboxylic acids is 3. The fraction of sp³-hybridized carbons (Fsp3) is 0.121. The van der Waals surface area contributed by atoms with Crippen molar-refractivity contribution in [3.05, 3.63) is 124 Å². The Morgan fingerprint density at radius 2 is 1.50 bits per heavy atom. The third-order valence-corrected chi connectivity index (χ3v) is 6.83. The van der Waals surface area contributed by atoms with Gasteiger partial charge in [0.1, 0.15) is 24.5 Å². The Balaban J connectivity index is 1.35. The number of carbonyl (C=O) groups is 3. The van der Waals surface area contributed by atoms with Crippen molar-refractivity contribution in [3.8, 4) is 17.2 Å². The van der Waals surface area contributed by atoms with Gasteiger partial charge in [0.25, 0.3) is 11.8 Å². The van der Waals surface area contributed by atoms with E-state index in [0.29, 0.717) is 40.0 Å². The first kappa shape index (κ1) is 28.4. The van der Waals surface area contributed by atoms with E-state index in [1.807, 2.05) is 48.5 Å². The van der Waals surface area contributed by atoms with Crippen LogP contribution in [0.2, 0.25) is 5.02 Å². The molecule has 9 heteroatoms. The molecule has 1 aliphatic heterocycles. The van der Waals surface area contributed by atoms with Crippen LogP contribution in [0, 0.1) is 6.92 Å². The van der Waals surface area contributed by atoms with E-state index < -0.39 is 17.8 Å². The minimum Gasteiger partial charge on any atom is -0.493 e. The number of urea groups is 1. The highest BCUT2D eigenvalue weighted by molar-refractivity contribution is 6.39. The normalized spacial score (nSPS) is 14.1. The third kappa shape index (κ3) is 6.29. The summed E-state index contributed by atoms with van der Waals surface area (Å²) in [5.74, 6) is 0.0433. The molecular weight excluding hydrogens is 556 g/mol. The number of methoxy groups -OCH3 is 1. The molecule has 4 amide bonds. The molecule has 4 aromatic carbocycles. The van der Waals surface area contributed by atoms with Gasteiger partial charge in [0.05, 0.1) is 12.8 Å². The number of nitrogens with zero attached hydrogens (tertiary/aromatic N) is 1. The maximum absolute atomic E-state index is 13.4. The second-order valence-electron chi connectivity index (χ2n) is 9.47. The number of anilines is 1. The molecule has 0 unspecified atom stereocenters. The Labute approximate surface area is 248 Å². The van der Waals surface area contributed by atoms with E-state index in [0.717, 1.165) is 16.0 Å². The van der Waals surface area contributed by atoms with Crippen LogP contribution in [-0.4, -0.2) is 25.0 Å². The maximum atomic E-state index is 13.4. The van der Waals surface area contributed by atoms with Gasteiger partial charge in [-0.15, -0.1) is 0 Å². The van der Waals surface area contributed by atoms with Crippen LogP contribution in [0.3, 0.4) is 0 Å². The number of benzene rings is 4. The lowest BCUT2D eigenvalue weighted by Gasteiger charge is -2.27. The van der Waals surface area contributed by atoms with Crippen molar-refractivity contribution in [2.24, 2.45) is 0 Å². The van der Waals surface area contributed by atoms with Crippen molar-refractivity contribution in [2.75, 3.05) is 12.0 Å². The summed E-state index contributed by atoms with van der Waals surface area (Å²) < 4.78 is 17.6. The lowest BCUT2D eigenvalue weighted by atomic mass is 10.0. The van der Waals surface area contributed by atoms with Crippen molar-refractivity contribution in [2.45, 2.75) is 20.1 Å². The van der Waals surface area contributed by atoms with Crippen LogP contribution in [-0.2, 0) is 22.8 Å². The largest absolute Gasteiger partial charge is 0.493 e. The lowest BCUT2D eigenvalue weighted by molar-refractivity contribution is -0.122. The standard InChI is InChI=1S/C33H27ClN2O6/c1-21-12-14-25(34)18-27(21)36-32(38)26(31(37)35-33(36)39)17-24-10-6-7-11-28(24)41-20-23-13-15-29(30(16-23)40-2)42-19-22-8-4-3-5-9-22/h3-18H,19-20H2,1-2H3,(H,35,37,39)/b26-17+. The second kappa shape index (κ2) is 12.6. The topological polar surface area (TPSA) is 94.2 Å². The fourth-order valence-corrected chi connectivity index (χ4v) is 4.57. The van der Waals surface area contributed by atoms with Gasteiger partial charge in [-0.3, -0.25) is 14.9 Å². The summed E-state index contributed by atoms with van der Waals surface area (Å²) in [7, 11) is 1.57. The Morgan fingerprint density at radius 1 is 0.786 bits per heavy atom. The molecule has 4 aromatic rings. The zero-order chi connectivity index (χ0) is 29.6. The molecule has 1 saturated heterocycles. The van der Waals surface area contributed by atoms with E-state index in [-0.39, 0.29) is 17.9 Å². The smallest absolute Gasteiger partial charge is 0.335 e. The monoisotopic (exact) mass is 582 g/mol. The first-order chi connectivity index (χ1) is 20.3. The van der Waals surface area contributed by atoms with E-state index in [4.69, 9.17) is 25.8 Å². The summed E-state index contributed by atoms with van der Waals surface area (Å²) in [4.78, 5) is 39.7. The molecule has 0 aromatic heterocycles. The zero-order valence-corrected chi connectivity index (χ0v) is 23.7. The quantitative estimate of drug-likeness (QED) is 0.179. The highest BCUT2D eigenvalue weighted by atomic mass is 35.5. The number of hydrogen-bond donors (Lipinski definition) is 1. The van der Waals surface area contributed by atoms with Crippen molar-refractivity contribution in [1.29, 1.82) is 0 Å². The Bertz CT molecular complexity index is 1690. The molecule has 1 heterocycles. The Kier molecular flexibility index (Phi) is 8.55. The average Bonchev–Trinajstić information content (AvgIpc) is 3.00. The summed E-state index contributed by atoms with van der Waals surface area (Å²) in [6.45, 7) is 2.33. The van der Waals surface area contributed by atoms with Crippen LogP contribution < -0.4 is 24.4 Å².